The van der Waals surface area contributed by atoms with Gasteiger partial charge >= 0.3 is 0 Å². The molecule has 0 saturated heterocycles. The van der Waals surface area contributed by atoms with Crippen LogP contribution in [0.4, 0.5) is 0 Å². The zero-order chi connectivity index (χ0) is 17.8. The van der Waals surface area contributed by atoms with Gasteiger partial charge in [-0.15, -0.1) is 0 Å². The number of nitrogens with two attached hydrogens (primary N) is 2. The minimum absolute atomic E-state index is 0.369. The molecule has 4 rings (SSSR count). The van der Waals surface area contributed by atoms with Gasteiger partial charge in [0.1, 0.15) is 0 Å². The van der Waals surface area contributed by atoms with Crippen LogP contribution in [0.5, 0.6) is 0 Å². The average molecular weight is 343 g/mol. The highest BCUT2D eigenvalue weighted by atomic mass is 15.1. The lowest BCUT2D eigenvalue weighted by Crippen LogP contribution is -2.51. The Balaban J connectivity index is 1.65. The smallest absolute Gasteiger partial charge is 0.0600 e. The SMILES string of the molecule is C/C(=N/N)[C@@H]1CC[C@@H]2[C@@H]3CCC4=C/C(=N/N)CC[C@@]4(C)[C@@H]3CC[C@@]21C. The average Bonchev–Trinajstić information content (AvgIpc) is 2.97. The second-order valence-electron chi connectivity index (χ2n) is 9.57. The number of allylic oxidation sites excluding steroid dienone is 2. The van der Waals surface area contributed by atoms with Crippen molar-refractivity contribution in [3.63, 3.8) is 0 Å². The van der Waals surface area contributed by atoms with Gasteiger partial charge in [0.25, 0.3) is 0 Å². The fourth-order valence-corrected chi connectivity index (χ4v) is 7.45. The van der Waals surface area contributed by atoms with Crippen LogP contribution in [0.3, 0.4) is 0 Å². The standard InChI is InChI=1S/C21H34N4/c1-13(24-22)17-6-7-18-16-5-4-14-12-15(25-23)8-10-20(14,2)19(16)9-11-21(17,18)3/h12,16-19H,4-11,22-23H2,1-3H3/b24-13-,25-15+/t16-,17-,18+,19+,20+,21+/m0/s1. The Morgan fingerprint density at radius 3 is 2.56 bits per heavy atom. The van der Waals surface area contributed by atoms with E-state index in [1.165, 1.54) is 50.7 Å². The molecule has 0 bridgehead atoms. The number of nitrogens with zero attached hydrogens (tertiary/aromatic N) is 2. The van der Waals surface area contributed by atoms with Crippen LogP contribution < -0.4 is 11.7 Å². The summed E-state index contributed by atoms with van der Waals surface area (Å²) in [5, 5.41) is 8.08. The number of hydrogen-bond donors (Lipinski definition) is 2. The molecule has 0 unspecified atom stereocenters. The number of hydrogen-bond acceptors (Lipinski definition) is 4. The molecule has 3 fully saturated rings. The predicted molar refractivity (Wildman–Crippen MR) is 104 cm³/mol. The maximum absolute atomic E-state index is 5.66. The monoisotopic (exact) mass is 342 g/mol. The summed E-state index contributed by atoms with van der Waals surface area (Å²) in [7, 11) is 0. The van der Waals surface area contributed by atoms with Crippen molar-refractivity contribution in [1.29, 1.82) is 0 Å². The van der Waals surface area contributed by atoms with Crippen LogP contribution in [-0.4, -0.2) is 11.4 Å². The van der Waals surface area contributed by atoms with Gasteiger partial charge in [0.2, 0.25) is 0 Å². The summed E-state index contributed by atoms with van der Waals surface area (Å²) >= 11 is 0. The van der Waals surface area contributed by atoms with Crippen molar-refractivity contribution < 1.29 is 0 Å². The molecule has 6 atom stereocenters. The van der Waals surface area contributed by atoms with Gasteiger partial charge in [-0.25, -0.2) is 0 Å². The van der Waals surface area contributed by atoms with E-state index in [9.17, 15) is 0 Å². The molecule has 0 aliphatic heterocycles. The Hall–Kier alpha value is -1.32. The third kappa shape index (κ3) is 2.32. The van der Waals surface area contributed by atoms with Crippen molar-refractivity contribution in [2.75, 3.05) is 0 Å². The van der Waals surface area contributed by atoms with E-state index in [1.54, 1.807) is 5.57 Å². The van der Waals surface area contributed by atoms with Crippen molar-refractivity contribution in [1.82, 2.24) is 0 Å². The first kappa shape index (κ1) is 17.1. The summed E-state index contributed by atoms with van der Waals surface area (Å²) in [6, 6.07) is 0. The maximum atomic E-state index is 5.66. The lowest BCUT2D eigenvalue weighted by atomic mass is 9.46. The molecule has 4 N–H and O–H groups in total. The van der Waals surface area contributed by atoms with Crippen LogP contribution in [0.2, 0.25) is 0 Å². The first-order valence-electron chi connectivity index (χ1n) is 10.2. The van der Waals surface area contributed by atoms with Crippen molar-refractivity contribution in [2.45, 2.75) is 72.1 Å². The second-order valence-corrected chi connectivity index (χ2v) is 9.57. The van der Waals surface area contributed by atoms with E-state index in [1.807, 2.05) is 0 Å². The highest BCUT2D eigenvalue weighted by Gasteiger charge is 2.59. The van der Waals surface area contributed by atoms with Crippen LogP contribution in [0.1, 0.15) is 72.1 Å². The van der Waals surface area contributed by atoms with Crippen LogP contribution in [0.25, 0.3) is 0 Å². The molecule has 4 nitrogen and oxygen atoms in total. The number of hydrazone groups is 2. The molecule has 0 amide bonds. The van der Waals surface area contributed by atoms with Gasteiger partial charge in [-0.05, 0) is 93.0 Å². The molecule has 4 heteroatoms. The van der Waals surface area contributed by atoms with Gasteiger partial charge in [-0.1, -0.05) is 19.4 Å². The zero-order valence-corrected chi connectivity index (χ0v) is 16.1. The van der Waals surface area contributed by atoms with Gasteiger partial charge in [0, 0.05) is 11.6 Å². The normalized spacial score (nSPS) is 48.5. The molecule has 0 aromatic carbocycles. The van der Waals surface area contributed by atoms with Crippen molar-refractivity contribution in [2.24, 2.45) is 56.4 Å². The fraction of sp³-hybridized carbons (Fsp3) is 0.810. The lowest BCUT2D eigenvalue weighted by Gasteiger charge is -2.58. The van der Waals surface area contributed by atoms with Crippen molar-refractivity contribution in [3.8, 4) is 0 Å². The topological polar surface area (TPSA) is 76.8 Å². The largest absolute Gasteiger partial charge is 0.323 e. The Labute approximate surface area is 152 Å². The van der Waals surface area contributed by atoms with Crippen LogP contribution in [-0.2, 0) is 0 Å². The summed E-state index contributed by atoms with van der Waals surface area (Å²) in [6.45, 7) is 7.21. The summed E-state index contributed by atoms with van der Waals surface area (Å²) in [5.74, 6) is 14.4. The maximum Gasteiger partial charge on any atom is 0.0600 e. The summed E-state index contributed by atoms with van der Waals surface area (Å²) in [5.41, 5.74) is 4.68. The molecule has 0 aromatic rings. The quantitative estimate of drug-likeness (QED) is 0.425. The van der Waals surface area contributed by atoms with E-state index in [4.69, 9.17) is 11.7 Å². The molecule has 3 saturated carbocycles. The van der Waals surface area contributed by atoms with Crippen LogP contribution in [0, 0.1) is 34.5 Å². The first-order chi connectivity index (χ1) is 11.9. The van der Waals surface area contributed by atoms with Crippen molar-refractivity contribution >= 4 is 11.4 Å². The molecule has 25 heavy (non-hydrogen) atoms. The first-order valence-corrected chi connectivity index (χ1v) is 10.2. The highest BCUT2D eigenvalue weighted by molar-refractivity contribution is 5.96. The molecule has 0 spiro atoms. The Morgan fingerprint density at radius 2 is 1.84 bits per heavy atom. The number of fused-ring (bicyclic) bond motifs is 5. The van der Waals surface area contributed by atoms with Gasteiger partial charge in [-0.3, -0.25) is 0 Å². The minimum Gasteiger partial charge on any atom is -0.323 e. The van der Waals surface area contributed by atoms with Crippen LogP contribution in [0.15, 0.2) is 21.9 Å². The molecule has 0 aromatic heterocycles. The second kappa shape index (κ2) is 5.85. The van der Waals surface area contributed by atoms with E-state index in [-0.39, 0.29) is 0 Å². The third-order valence-electron chi connectivity index (χ3n) is 8.85. The summed E-state index contributed by atoms with van der Waals surface area (Å²) < 4.78 is 0. The van der Waals surface area contributed by atoms with E-state index >= 15 is 0 Å². The molecular weight excluding hydrogens is 308 g/mol. The van der Waals surface area contributed by atoms with Gasteiger partial charge < -0.3 is 11.7 Å². The van der Waals surface area contributed by atoms with Crippen LogP contribution >= 0.6 is 0 Å². The van der Waals surface area contributed by atoms with E-state index in [0.29, 0.717) is 16.7 Å². The molecule has 0 heterocycles. The summed E-state index contributed by atoms with van der Waals surface area (Å²) in [4.78, 5) is 0. The molecular formula is C21H34N4. The summed E-state index contributed by atoms with van der Waals surface area (Å²) in [6.07, 6.45) is 12.5. The van der Waals surface area contributed by atoms with E-state index in [2.05, 4.69) is 37.1 Å². The molecule has 4 aliphatic rings. The number of rotatable bonds is 1. The van der Waals surface area contributed by atoms with Gasteiger partial charge in [0.15, 0.2) is 0 Å². The van der Waals surface area contributed by atoms with Crippen molar-refractivity contribution in [3.05, 3.63) is 11.6 Å². The Bertz CT molecular complexity index is 648. The molecule has 138 valence electrons. The lowest BCUT2D eigenvalue weighted by molar-refractivity contribution is -0.0407. The molecule has 0 radical (unpaired) electrons. The van der Waals surface area contributed by atoms with E-state index < -0.39 is 0 Å². The Kier molecular flexibility index (Phi) is 4.01. The highest BCUT2D eigenvalue weighted by Crippen LogP contribution is 2.66. The Morgan fingerprint density at radius 1 is 1.04 bits per heavy atom. The van der Waals surface area contributed by atoms with Gasteiger partial charge in [-0.2, -0.15) is 10.2 Å². The fourth-order valence-electron chi connectivity index (χ4n) is 7.45. The van der Waals surface area contributed by atoms with Gasteiger partial charge in [0.05, 0.1) is 5.71 Å². The zero-order valence-electron chi connectivity index (χ0n) is 16.1. The molecule has 4 aliphatic carbocycles. The minimum atomic E-state index is 0.369. The van der Waals surface area contributed by atoms with E-state index in [0.717, 1.165) is 29.9 Å². The third-order valence-corrected chi connectivity index (χ3v) is 8.85. The predicted octanol–water partition coefficient (Wildman–Crippen LogP) is 4.21.